The fraction of sp³-hybridized carbons (Fsp3) is 0.111. The first-order chi connectivity index (χ1) is 7.49. The van der Waals surface area contributed by atoms with Crippen molar-refractivity contribution >= 4 is 44.1 Å². The molecule has 0 bridgehead atoms. The zero-order valence-corrected chi connectivity index (χ0v) is 10.4. The fourth-order valence-corrected chi connectivity index (χ4v) is 2.11. The molecule has 7 heteroatoms. The standard InChI is InChI=1S/C9H5BrClN3O2/c1-4-12-7-3-8(14(15)16)6(10)2-5(7)9(11)13-4/h2-3H,1H3. The lowest BCUT2D eigenvalue weighted by Gasteiger charge is -2.02. The lowest BCUT2D eigenvalue weighted by molar-refractivity contribution is -0.385. The lowest BCUT2D eigenvalue weighted by Crippen LogP contribution is -1.94. The average Bonchev–Trinajstić information content (AvgIpc) is 2.18. The maximum atomic E-state index is 10.7. The molecule has 0 N–H and O–H groups in total. The summed E-state index contributed by atoms with van der Waals surface area (Å²) in [6, 6.07) is 2.93. The number of nitro benzene ring substituents is 1. The van der Waals surface area contributed by atoms with Gasteiger partial charge in [0.15, 0.2) is 0 Å². The number of fused-ring (bicyclic) bond motifs is 1. The Morgan fingerprint density at radius 1 is 1.44 bits per heavy atom. The summed E-state index contributed by atoms with van der Waals surface area (Å²) in [5.41, 5.74) is 0.425. The van der Waals surface area contributed by atoms with Crippen molar-refractivity contribution in [3.63, 3.8) is 0 Å². The number of nitrogens with zero attached hydrogens (tertiary/aromatic N) is 3. The minimum absolute atomic E-state index is 0.0401. The van der Waals surface area contributed by atoms with Gasteiger partial charge in [-0.25, -0.2) is 9.97 Å². The van der Waals surface area contributed by atoms with E-state index >= 15 is 0 Å². The highest BCUT2D eigenvalue weighted by Crippen LogP contribution is 2.31. The molecule has 1 aromatic heterocycles. The molecule has 0 aliphatic rings. The van der Waals surface area contributed by atoms with Crippen molar-refractivity contribution < 1.29 is 4.92 Å². The molecule has 0 spiro atoms. The Bertz CT molecular complexity index is 603. The molecule has 0 unspecified atom stereocenters. The zero-order chi connectivity index (χ0) is 11.9. The second kappa shape index (κ2) is 3.95. The van der Waals surface area contributed by atoms with Gasteiger partial charge in [-0.15, -0.1) is 0 Å². The molecule has 0 aliphatic heterocycles. The van der Waals surface area contributed by atoms with Crippen molar-refractivity contribution in [1.82, 2.24) is 9.97 Å². The van der Waals surface area contributed by atoms with Crippen molar-refractivity contribution in [2.45, 2.75) is 6.92 Å². The largest absolute Gasteiger partial charge is 0.285 e. The van der Waals surface area contributed by atoms with Crippen LogP contribution in [-0.2, 0) is 0 Å². The van der Waals surface area contributed by atoms with Gasteiger partial charge in [0.2, 0.25) is 0 Å². The van der Waals surface area contributed by atoms with Gasteiger partial charge in [-0.2, -0.15) is 0 Å². The van der Waals surface area contributed by atoms with Crippen LogP contribution in [0, 0.1) is 17.0 Å². The van der Waals surface area contributed by atoms with E-state index in [4.69, 9.17) is 11.6 Å². The summed E-state index contributed by atoms with van der Waals surface area (Å²) < 4.78 is 0.361. The molecule has 0 radical (unpaired) electrons. The van der Waals surface area contributed by atoms with E-state index in [0.29, 0.717) is 21.2 Å². The van der Waals surface area contributed by atoms with Gasteiger partial charge >= 0.3 is 0 Å². The molecule has 0 fully saturated rings. The van der Waals surface area contributed by atoms with Crippen molar-refractivity contribution in [2.75, 3.05) is 0 Å². The molecule has 2 rings (SSSR count). The summed E-state index contributed by atoms with van der Waals surface area (Å²) in [5, 5.41) is 11.6. The molecule has 82 valence electrons. The molecule has 0 aliphatic carbocycles. The van der Waals surface area contributed by atoms with Gasteiger partial charge < -0.3 is 0 Å². The molecular weight excluding hydrogens is 297 g/mol. The summed E-state index contributed by atoms with van der Waals surface area (Å²) in [5.74, 6) is 0.481. The van der Waals surface area contributed by atoms with Crippen LogP contribution >= 0.6 is 27.5 Å². The first-order valence-electron chi connectivity index (χ1n) is 4.27. The molecule has 2 aromatic rings. The van der Waals surface area contributed by atoms with E-state index in [9.17, 15) is 10.1 Å². The number of aryl methyl sites for hydroxylation is 1. The second-order valence-corrected chi connectivity index (χ2v) is 4.35. The number of hydrogen-bond acceptors (Lipinski definition) is 4. The predicted octanol–water partition coefficient (Wildman–Crippen LogP) is 3.26. The van der Waals surface area contributed by atoms with Crippen molar-refractivity contribution in [3.05, 3.63) is 37.7 Å². The van der Waals surface area contributed by atoms with Crippen LogP contribution in [0.1, 0.15) is 5.82 Å². The molecule has 0 atom stereocenters. The highest BCUT2D eigenvalue weighted by Gasteiger charge is 2.15. The van der Waals surface area contributed by atoms with Crippen molar-refractivity contribution in [2.24, 2.45) is 0 Å². The van der Waals surface area contributed by atoms with E-state index in [1.54, 1.807) is 13.0 Å². The SMILES string of the molecule is Cc1nc(Cl)c2cc(Br)c([N+](=O)[O-])cc2n1. The van der Waals surface area contributed by atoms with Crippen LogP contribution in [-0.4, -0.2) is 14.9 Å². The predicted molar refractivity (Wildman–Crippen MR) is 63.6 cm³/mol. The Hall–Kier alpha value is -1.27. The first kappa shape index (κ1) is 11.2. The topological polar surface area (TPSA) is 68.9 Å². The molecule has 1 heterocycles. The van der Waals surface area contributed by atoms with Gasteiger partial charge in [0.05, 0.1) is 14.9 Å². The smallest absolute Gasteiger partial charge is 0.258 e. The minimum Gasteiger partial charge on any atom is -0.258 e. The van der Waals surface area contributed by atoms with Crippen molar-refractivity contribution in [1.29, 1.82) is 0 Å². The second-order valence-electron chi connectivity index (χ2n) is 3.14. The molecule has 0 saturated heterocycles. The third kappa shape index (κ3) is 1.85. The lowest BCUT2D eigenvalue weighted by atomic mass is 10.2. The third-order valence-electron chi connectivity index (χ3n) is 2.03. The maximum absolute atomic E-state index is 10.7. The summed E-state index contributed by atoms with van der Waals surface area (Å²) in [4.78, 5) is 18.3. The number of rotatable bonds is 1. The minimum atomic E-state index is -0.477. The number of benzene rings is 1. The monoisotopic (exact) mass is 301 g/mol. The van der Waals surface area contributed by atoms with Crippen LogP contribution < -0.4 is 0 Å². The van der Waals surface area contributed by atoms with Crippen LogP contribution in [0.15, 0.2) is 16.6 Å². The Balaban J connectivity index is 2.84. The van der Waals surface area contributed by atoms with Crippen LogP contribution in [0.4, 0.5) is 5.69 Å². The van der Waals surface area contributed by atoms with E-state index in [1.807, 2.05) is 0 Å². The summed E-state index contributed by atoms with van der Waals surface area (Å²) in [6.07, 6.45) is 0. The first-order valence-corrected chi connectivity index (χ1v) is 5.44. The van der Waals surface area contributed by atoms with E-state index in [1.165, 1.54) is 6.07 Å². The van der Waals surface area contributed by atoms with Gasteiger partial charge in [0.25, 0.3) is 5.69 Å². The molecule has 0 amide bonds. The number of halogens is 2. The Labute approximate surface area is 104 Å². The summed E-state index contributed by atoms with van der Waals surface area (Å²) >= 11 is 9.04. The zero-order valence-electron chi connectivity index (χ0n) is 8.07. The molecule has 0 saturated carbocycles. The van der Waals surface area contributed by atoms with E-state index in [-0.39, 0.29) is 10.8 Å². The van der Waals surface area contributed by atoms with Crippen LogP contribution in [0.25, 0.3) is 10.9 Å². The number of aromatic nitrogens is 2. The third-order valence-corrected chi connectivity index (χ3v) is 2.95. The van der Waals surface area contributed by atoms with Crippen molar-refractivity contribution in [3.8, 4) is 0 Å². The van der Waals surface area contributed by atoms with Gasteiger partial charge in [-0.1, -0.05) is 11.6 Å². The normalized spacial score (nSPS) is 10.7. The van der Waals surface area contributed by atoms with Gasteiger partial charge in [0.1, 0.15) is 11.0 Å². The highest BCUT2D eigenvalue weighted by molar-refractivity contribution is 9.10. The van der Waals surface area contributed by atoms with Gasteiger partial charge in [-0.3, -0.25) is 10.1 Å². The number of nitro groups is 1. The van der Waals surface area contributed by atoms with Gasteiger partial charge in [0, 0.05) is 11.5 Å². The maximum Gasteiger partial charge on any atom is 0.285 e. The highest BCUT2D eigenvalue weighted by atomic mass is 79.9. The van der Waals surface area contributed by atoms with Crippen LogP contribution in [0.5, 0.6) is 0 Å². The molecule has 5 nitrogen and oxygen atoms in total. The van der Waals surface area contributed by atoms with E-state index in [2.05, 4.69) is 25.9 Å². The average molecular weight is 303 g/mol. The summed E-state index contributed by atoms with van der Waals surface area (Å²) in [7, 11) is 0. The molecule has 1 aromatic carbocycles. The van der Waals surface area contributed by atoms with E-state index in [0.717, 1.165) is 0 Å². The Kier molecular flexibility index (Phi) is 2.77. The fourth-order valence-electron chi connectivity index (χ4n) is 1.35. The number of hydrogen-bond donors (Lipinski definition) is 0. The Morgan fingerprint density at radius 3 is 2.75 bits per heavy atom. The van der Waals surface area contributed by atoms with E-state index < -0.39 is 4.92 Å². The molecular formula is C9H5BrClN3O2. The Morgan fingerprint density at radius 2 is 2.12 bits per heavy atom. The van der Waals surface area contributed by atoms with Crippen LogP contribution in [0.3, 0.4) is 0 Å². The molecule has 16 heavy (non-hydrogen) atoms. The van der Waals surface area contributed by atoms with Gasteiger partial charge in [-0.05, 0) is 28.9 Å². The summed E-state index contributed by atoms with van der Waals surface area (Å²) in [6.45, 7) is 1.68. The van der Waals surface area contributed by atoms with Crippen LogP contribution in [0.2, 0.25) is 5.15 Å². The quantitative estimate of drug-likeness (QED) is 0.460.